The zero-order valence-electron chi connectivity index (χ0n) is 17.3. The van der Waals surface area contributed by atoms with Crippen LogP contribution in [0.25, 0.3) is 11.3 Å². The molecule has 0 saturated carbocycles. The van der Waals surface area contributed by atoms with Gasteiger partial charge in [0, 0.05) is 18.1 Å². The maximum Gasteiger partial charge on any atom is 0.328 e. The minimum atomic E-state index is -0.875. The molecule has 3 rings (SSSR count). The monoisotopic (exact) mass is 421 g/mol. The van der Waals surface area contributed by atoms with Gasteiger partial charge in [-0.15, -0.1) is 0 Å². The first-order valence-electron chi connectivity index (χ1n) is 9.64. The minimum absolute atomic E-state index is 0.271. The fraction of sp³-hybridized carbons (Fsp3) is 0.217. The van der Waals surface area contributed by atoms with Crippen molar-refractivity contribution in [2.45, 2.75) is 19.0 Å². The van der Waals surface area contributed by atoms with Gasteiger partial charge in [0.15, 0.2) is 0 Å². The zero-order chi connectivity index (χ0) is 22.2. The Morgan fingerprint density at radius 3 is 2.35 bits per heavy atom. The third-order valence-corrected chi connectivity index (χ3v) is 4.65. The van der Waals surface area contributed by atoms with Gasteiger partial charge in [-0.05, 0) is 35.9 Å². The van der Waals surface area contributed by atoms with Gasteiger partial charge in [-0.2, -0.15) is 5.10 Å². The van der Waals surface area contributed by atoms with Crippen LogP contribution < -0.4 is 15.6 Å². The summed E-state index contributed by atoms with van der Waals surface area (Å²) < 4.78 is 11.0. The van der Waals surface area contributed by atoms with Gasteiger partial charge in [0.25, 0.3) is 5.56 Å². The summed E-state index contributed by atoms with van der Waals surface area (Å²) in [6, 6.07) is 18.5. The fourth-order valence-electron chi connectivity index (χ4n) is 3.04. The number of nitrogens with zero attached hydrogens (tertiary/aromatic N) is 2. The maximum absolute atomic E-state index is 12.6. The molecule has 1 N–H and O–H groups in total. The number of esters is 1. The molecule has 0 fully saturated rings. The van der Waals surface area contributed by atoms with E-state index < -0.39 is 23.5 Å². The Balaban J connectivity index is 1.74. The molecule has 1 heterocycles. The van der Waals surface area contributed by atoms with Crippen LogP contribution in [0, 0.1) is 0 Å². The van der Waals surface area contributed by atoms with Crippen LogP contribution in [-0.4, -0.2) is 41.9 Å². The Morgan fingerprint density at radius 1 is 1.00 bits per heavy atom. The quantitative estimate of drug-likeness (QED) is 0.557. The highest BCUT2D eigenvalue weighted by molar-refractivity contribution is 5.84. The van der Waals surface area contributed by atoms with E-state index in [0.717, 1.165) is 15.8 Å². The van der Waals surface area contributed by atoms with Crippen LogP contribution in [0.2, 0.25) is 0 Å². The number of benzene rings is 2. The van der Waals surface area contributed by atoms with Crippen molar-refractivity contribution in [3.05, 3.63) is 82.6 Å². The second kappa shape index (κ2) is 10.2. The lowest BCUT2D eigenvalue weighted by atomic mass is 10.1. The third-order valence-electron chi connectivity index (χ3n) is 4.65. The van der Waals surface area contributed by atoms with Crippen LogP contribution in [0.1, 0.15) is 5.56 Å². The number of carbonyl (C=O) groups is 2. The molecule has 2 aromatic carbocycles. The Kier molecular flexibility index (Phi) is 7.16. The molecule has 8 nitrogen and oxygen atoms in total. The molecule has 1 amide bonds. The molecule has 0 spiro atoms. The summed E-state index contributed by atoms with van der Waals surface area (Å²) in [7, 11) is 2.84. The number of nitrogens with one attached hydrogen (secondary N) is 1. The molecule has 0 aliphatic rings. The van der Waals surface area contributed by atoms with E-state index in [-0.39, 0.29) is 13.0 Å². The Bertz CT molecular complexity index is 1090. The molecule has 31 heavy (non-hydrogen) atoms. The van der Waals surface area contributed by atoms with E-state index in [1.807, 2.05) is 42.5 Å². The first kappa shape index (κ1) is 21.8. The van der Waals surface area contributed by atoms with Gasteiger partial charge >= 0.3 is 5.97 Å². The number of hydrogen-bond acceptors (Lipinski definition) is 6. The molecule has 0 aliphatic carbocycles. The number of hydrogen-bond donors (Lipinski definition) is 1. The van der Waals surface area contributed by atoms with Gasteiger partial charge in [-0.1, -0.05) is 30.3 Å². The molecule has 8 heteroatoms. The molecule has 0 radical (unpaired) electrons. The van der Waals surface area contributed by atoms with Crippen LogP contribution in [0.4, 0.5) is 0 Å². The summed E-state index contributed by atoms with van der Waals surface area (Å²) in [6.07, 6.45) is 0.271. The first-order valence-corrected chi connectivity index (χ1v) is 9.64. The molecule has 3 aromatic rings. The van der Waals surface area contributed by atoms with E-state index in [9.17, 15) is 14.4 Å². The molecule has 0 saturated heterocycles. The van der Waals surface area contributed by atoms with Gasteiger partial charge in [0.05, 0.1) is 19.9 Å². The Labute approximate surface area is 179 Å². The Hall–Kier alpha value is -3.94. The summed E-state index contributed by atoms with van der Waals surface area (Å²) in [5.74, 6) is -0.388. The predicted molar refractivity (Wildman–Crippen MR) is 115 cm³/mol. The second-order valence-electron chi connectivity index (χ2n) is 6.78. The lowest BCUT2D eigenvalue weighted by molar-refractivity contribution is -0.145. The number of aromatic nitrogens is 2. The van der Waals surface area contributed by atoms with Gasteiger partial charge in [0.1, 0.15) is 18.3 Å². The number of methoxy groups -OCH3 is 2. The molecule has 0 unspecified atom stereocenters. The topological polar surface area (TPSA) is 99.5 Å². The smallest absolute Gasteiger partial charge is 0.328 e. The average molecular weight is 421 g/mol. The molecule has 0 aliphatic heterocycles. The van der Waals surface area contributed by atoms with E-state index >= 15 is 0 Å². The molecule has 160 valence electrons. The Morgan fingerprint density at radius 2 is 1.71 bits per heavy atom. The van der Waals surface area contributed by atoms with E-state index in [1.54, 1.807) is 25.3 Å². The number of carbonyl (C=O) groups excluding carboxylic acids is 2. The van der Waals surface area contributed by atoms with Crippen molar-refractivity contribution >= 4 is 11.9 Å². The minimum Gasteiger partial charge on any atom is -0.497 e. The van der Waals surface area contributed by atoms with Crippen LogP contribution >= 0.6 is 0 Å². The molecular formula is C23H23N3O5. The van der Waals surface area contributed by atoms with Crippen LogP contribution in [-0.2, 0) is 27.3 Å². The van der Waals surface area contributed by atoms with Crippen molar-refractivity contribution in [2.24, 2.45) is 0 Å². The standard InChI is InChI=1S/C23H23N3O5/c1-30-18-10-8-17(9-11-18)19-12-13-22(28)26(25-19)15-21(27)24-20(23(29)31-2)14-16-6-4-3-5-7-16/h3-13,20H,14-15H2,1-2H3,(H,24,27)/t20-/m1/s1. The predicted octanol–water partition coefficient (Wildman–Crippen LogP) is 1.82. The zero-order valence-corrected chi connectivity index (χ0v) is 17.3. The summed E-state index contributed by atoms with van der Waals surface area (Å²) >= 11 is 0. The fourth-order valence-corrected chi connectivity index (χ4v) is 3.04. The highest BCUT2D eigenvalue weighted by atomic mass is 16.5. The second-order valence-corrected chi connectivity index (χ2v) is 6.78. The van der Waals surface area contributed by atoms with Crippen molar-refractivity contribution in [1.82, 2.24) is 15.1 Å². The van der Waals surface area contributed by atoms with E-state index in [1.165, 1.54) is 13.2 Å². The summed E-state index contributed by atoms with van der Waals surface area (Å²) in [6.45, 7) is -0.328. The number of amides is 1. The third kappa shape index (κ3) is 5.79. The lowest BCUT2D eigenvalue weighted by Crippen LogP contribution is -2.45. The van der Waals surface area contributed by atoms with Gasteiger partial charge < -0.3 is 14.8 Å². The van der Waals surface area contributed by atoms with Crippen molar-refractivity contribution in [1.29, 1.82) is 0 Å². The number of rotatable bonds is 8. The lowest BCUT2D eigenvalue weighted by Gasteiger charge is -2.17. The molecular weight excluding hydrogens is 398 g/mol. The van der Waals surface area contributed by atoms with Crippen LogP contribution in [0.3, 0.4) is 0 Å². The SMILES string of the molecule is COC(=O)[C@@H](Cc1ccccc1)NC(=O)Cn1nc(-c2ccc(OC)cc2)ccc1=O. The molecule has 1 aromatic heterocycles. The van der Waals surface area contributed by atoms with Crippen molar-refractivity contribution in [3.8, 4) is 17.0 Å². The largest absolute Gasteiger partial charge is 0.497 e. The highest BCUT2D eigenvalue weighted by Gasteiger charge is 2.22. The summed E-state index contributed by atoms with van der Waals surface area (Å²) in [5.41, 5.74) is 1.75. The summed E-state index contributed by atoms with van der Waals surface area (Å²) in [4.78, 5) is 36.9. The van der Waals surface area contributed by atoms with Gasteiger partial charge in [0.2, 0.25) is 5.91 Å². The number of ether oxygens (including phenoxy) is 2. The van der Waals surface area contributed by atoms with Crippen molar-refractivity contribution in [2.75, 3.05) is 14.2 Å². The highest BCUT2D eigenvalue weighted by Crippen LogP contribution is 2.19. The van der Waals surface area contributed by atoms with E-state index in [0.29, 0.717) is 11.4 Å². The van der Waals surface area contributed by atoms with Crippen LogP contribution in [0.5, 0.6) is 5.75 Å². The van der Waals surface area contributed by atoms with Crippen molar-refractivity contribution < 1.29 is 19.1 Å². The average Bonchev–Trinajstić information content (AvgIpc) is 2.80. The maximum atomic E-state index is 12.6. The molecule has 0 bridgehead atoms. The van der Waals surface area contributed by atoms with Gasteiger partial charge in [-0.25, -0.2) is 9.48 Å². The normalized spacial score (nSPS) is 11.4. The van der Waals surface area contributed by atoms with E-state index in [4.69, 9.17) is 9.47 Å². The van der Waals surface area contributed by atoms with Gasteiger partial charge in [-0.3, -0.25) is 9.59 Å². The summed E-state index contributed by atoms with van der Waals surface area (Å²) in [5, 5.41) is 6.92. The van der Waals surface area contributed by atoms with Crippen molar-refractivity contribution in [3.63, 3.8) is 0 Å². The first-order chi connectivity index (χ1) is 15.0. The molecule has 1 atom stereocenters. The van der Waals surface area contributed by atoms with Crippen LogP contribution in [0.15, 0.2) is 71.5 Å². The van der Waals surface area contributed by atoms with E-state index in [2.05, 4.69) is 10.4 Å².